The average Bonchev–Trinajstić information content (AvgIpc) is 2.35. The van der Waals surface area contributed by atoms with Crippen molar-refractivity contribution in [2.24, 2.45) is 0 Å². The molecule has 0 fully saturated rings. The fraction of sp³-hybridized carbons (Fsp3) is 0.222. The van der Waals surface area contributed by atoms with E-state index in [4.69, 9.17) is 0 Å². The van der Waals surface area contributed by atoms with E-state index in [1.54, 1.807) is 13.0 Å². The van der Waals surface area contributed by atoms with Gasteiger partial charge in [0.1, 0.15) is 5.82 Å². The lowest BCUT2D eigenvalue weighted by Crippen LogP contribution is -1.80. The standard InChI is InChI=1S/C9H8FNS/c1-5-3-7-6(2)11-12-9(7)4-8(5)10/h3-4H,1-2H3. The molecule has 0 aliphatic heterocycles. The molecule has 62 valence electrons. The van der Waals surface area contributed by atoms with Gasteiger partial charge in [0, 0.05) is 5.39 Å². The highest BCUT2D eigenvalue weighted by Gasteiger charge is 2.05. The van der Waals surface area contributed by atoms with Crippen LogP contribution in [0.25, 0.3) is 10.1 Å². The Morgan fingerprint density at radius 2 is 2.08 bits per heavy atom. The van der Waals surface area contributed by atoms with E-state index in [9.17, 15) is 4.39 Å². The van der Waals surface area contributed by atoms with E-state index < -0.39 is 0 Å². The van der Waals surface area contributed by atoms with Crippen LogP contribution in [0.2, 0.25) is 0 Å². The maximum Gasteiger partial charge on any atom is 0.127 e. The van der Waals surface area contributed by atoms with Crippen molar-refractivity contribution in [3.05, 3.63) is 29.2 Å². The van der Waals surface area contributed by atoms with Gasteiger partial charge in [-0.05, 0) is 43.1 Å². The molecule has 3 heteroatoms. The molecule has 1 heterocycles. The molecule has 0 spiro atoms. The molecule has 0 atom stereocenters. The Morgan fingerprint density at radius 1 is 1.33 bits per heavy atom. The molecular formula is C9H8FNS. The van der Waals surface area contributed by atoms with Gasteiger partial charge >= 0.3 is 0 Å². The van der Waals surface area contributed by atoms with E-state index in [2.05, 4.69) is 4.37 Å². The monoisotopic (exact) mass is 181 g/mol. The molecular weight excluding hydrogens is 173 g/mol. The molecule has 0 radical (unpaired) electrons. The van der Waals surface area contributed by atoms with Crippen molar-refractivity contribution < 1.29 is 4.39 Å². The number of benzene rings is 1. The van der Waals surface area contributed by atoms with E-state index in [-0.39, 0.29) is 5.82 Å². The minimum absolute atomic E-state index is 0.147. The Bertz CT molecular complexity index is 433. The molecule has 0 saturated carbocycles. The molecule has 0 N–H and O–H groups in total. The molecule has 0 bridgehead atoms. The first-order valence-corrected chi connectivity index (χ1v) is 4.48. The first kappa shape index (κ1) is 7.68. The topological polar surface area (TPSA) is 12.9 Å². The fourth-order valence-corrected chi connectivity index (χ4v) is 1.98. The fourth-order valence-electron chi connectivity index (χ4n) is 1.19. The Morgan fingerprint density at radius 3 is 2.83 bits per heavy atom. The van der Waals surface area contributed by atoms with Crippen LogP contribution in [-0.2, 0) is 0 Å². The summed E-state index contributed by atoms with van der Waals surface area (Å²) in [5, 5.41) is 1.07. The average molecular weight is 181 g/mol. The first-order valence-electron chi connectivity index (χ1n) is 3.70. The van der Waals surface area contributed by atoms with Crippen LogP contribution >= 0.6 is 11.5 Å². The predicted molar refractivity (Wildman–Crippen MR) is 49.1 cm³/mol. The lowest BCUT2D eigenvalue weighted by molar-refractivity contribution is 0.621. The second-order valence-corrected chi connectivity index (χ2v) is 3.67. The number of hydrogen-bond donors (Lipinski definition) is 0. The molecule has 0 amide bonds. The summed E-state index contributed by atoms with van der Waals surface area (Å²) in [6.45, 7) is 3.71. The van der Waals surface area contributed by atoms with E-state index >= 15 is 0 Å². The Kier molecular flexibility index (Phi) is 1.61. The van der Waals surface area contributed by atoms with Gasteiger partial charge in [0.15, 0.2) is 0 Å². The van der Waals surface area contributed by atoms with E-state index in [1.807, 2.05) is 13.0 Å². The van der Waals surface area contributed by atoms with E-state index in [0.29, 0.717) is 5.56 Å². The van der Waals surface area contributed by atoms with Gasteiger partial charge in [-0.25, -0.2) is 4.39 Å². The van der Waals surface area contributed by atoms with Crippen LogP contribution in [0.1, 0.15) is 11.3 Å². The van der Waals surface area contributed by atoms with Crippen LogP contribution in [-0.4, -0.2) is 4.37 Å². The van der Waals surface area contributed by atoms with Crippen LogP contribution in [0.5, 0.6) is 0 Å². The quantitative estimate of drug-likeness (QED) is 0.608. The van der Waals surface area contributed by atoms with Crippen LogP contribution in [0, 0.1) is 19.7 Å². The Labute approximate surface area is 74.0 Å². The zero-order chi connectivity index (χ0) is 8.72. The Balaban J connectivity index is 2.87. The Hall–Kier alpha value is -0.960. The zero-order valence-corrected chi connectivity index (χ0v) is 7.70. The highest BCUT2D eigenvalue weighted by molar-refractivity contribution is 7.13. The number of fused-ring (bicyclic) bond motifs is 1. The SMILES string of the molecule is Cc1cc2c(C)nsc2cc1F. The lowest BCUT2D eigenvalue weighted by atomic mass is 10.1. The van der Waals surface area contributed by atoms with Gasteiger partial charge in [0.2, 0.25) is 0 Å². The minimum Gasteiger partial charge on any atom is -0.207 e. The van der Waals surface area contributed by atoms with E-state index in [0.717, 1.165) is 15.8 Å². The molecule has 1 nitrogen and oxygen atoms in total. The number of aromatic nitrogens is 1. The van der Waals surface area contributed by atoms with Crippen molar-refractivity contribution in [1.29, 1.82) is 0 Å². The molecule has 2 aromatic rings. The zero-order valence-electron chi connectivity index (χ0n) is 6.89. The molecule has 1 aromatic carbocycles. The van der Waals surface area contributed by atoms with Gasteiger partial charge in [-0.15, -0.1) is 0 Å². The van der Waals surface area contributed by atoms with Crippen molar-refractivity contribution in [3.63, 3.8) is 0 Å². The number of nitrogens with zero attached hydrogens (tertiary/aromatic N) is 1. The first-order chi connectivity index (χ1) is 5.68. The van der Waals surface area contributed by atoms with Crippen molar-refractivity contribution in [2.45, 2.75) is 13.8 Å². The lowest BCUT2D eigenvalue weighted by Gasteiger charge is -1.95. The van der Waals surface area contributed by atoms with Crippen LogP contribution in [0.4, 0.5) is 4.39 Å². The molecule has 1 aromatic heterocycles. The summed E-state index contributed by atoms with van der Waals surface area (Å²) in [5.74, 6) is -0.147. The van der Waals surface area contributed by atoms with Crippen molar-refractivity contribution in [2.75, 3.05) is 0 Å². The van der Waals surface area contributed by atoms with Crippen molar-refractivity contribution >= 4 is 21.6 Å². The minimum atomic E-state index is -0.147. The van der Waals surface area contributed by atoms with Gasteiger partial charge in [0.05, 0.1) is 10.4 Å². The second kappa shape index (κ2) is 2.52. The van der Waals surface area contributed by atoms with Gasteiger partial charge < -0.3 is 0 Å². The highest BCUT2D eigenvalue weighted by Crippen LogP contribution is 2.24. The summed E-state index contributed by atoms with van der Waals surface area (Å²) in [6, 6.07) is 3.40. The van der Waals surface area contributed by atoms with Gasteiger partial charge in [0.25, 0.3) is 0 Å². The molecule has 0 aliphatic rings. The summed E-state index contributed by atoms with van der Waals surface area (Å²) in [4.78, 5) is 0. The summed E-state index contributed by atoms with van der Waals surface area (Å²) < 4.78 is 18.1. The molecule has 0 aliphatic carbocycles. The van der Waals surface area contributed by atoms with Gasteiger partial charge in [-0.3, -0.25) is 0 Å². The number of rotatable bonds is 0. The second-order valence-electron chi connectivity index (χ2n) is 2.87. The van der Waals surface area contributed by atoms with Gasteiger partial charge in [-0.2, -0.15) is 4.37 Å². The third-order valence-electron chi connectivity index (χ3n) is 1.93. The number of hydrogen-bond acceptors (Lipinski definition) is 2. The van der Waals surface area contributed by atoms with Crippen LogP contribution in [0.3, 0.4) is 0 Å². The van der Waals surface area contributed by atoms with Crippen LogP contribution < -0.4 is 0 Å². The van der Waals surface area contributed by atoms with Crippen LogP contribution in [0.15, 0.2) is 12.1 Å². The summed E-state index contributed by atoms with van der Waals surface area (Å²) in [6.07, 6.45) is 0. The normalized spacial score (nSPS) is 10.9. The van der Waals surface area contributed by atoms with Gasteiger partial charge in [-0.1, -0.05) is 0 Å². The summed E-state index contributed by atoms with van der Waals surface area (Å²) in [5.41, 5.74) is 1.67. The third kappa shape index (κ3) is 1.01. The molecule has 0 saturated heterocycles. The van der Waals surface area contributed by atoms with Crippen molar-refractivity contribution in [1.82, 2.24) is 4.37 Å². The maximum absolute atomic E-state index is 13.0. The molecule has 2 rings (SSSR count). The highest BCUT2D eigenvalue weighted by atomic mass is 32.1. The predicted octanol–water partition coefficient (Wildman–Crippen LogP) is 3.05. The number of aryl methyl sites for hydroxylation is 2. The smallest absolute Gasteiger partial charge is 0.127 e. The third-order valence-corrected chi connectivity index (χ3v) is 2.83. The van der Waals surface area contributed by atoms with Crippen molar-refractivity contribution in [3.8, 4) is 0 Å². The molecule has 0 unspecified atom stereocenters. The number of halogens is 1. The summed E-state index contributed by atoms with van der Waals surface area (Å²) >= 11 is 1.35. The molecule has 12 heavy (non-hydrogen) atoms. The summed E-state index contributed by atoms with van der Waals surface area (Å²) in [7, 11) is 0. The maximum atomic E-state index is 13.0. The van der Waals surface area contributed by atoms with E-state index in [1.165, 1.54) is 11.5 Å². The largest absolute Gasteiger partial charge is 0.207 e.